The van der Waals surface area contributed by atoms with Gasteiger partial charge in [-0.15, -0.1) is 21.3 Å². The maximum atomic E-state index is 13.4. The van der Waals surface area contributed by atoms with Crippen LogP contribution in [0.15, 0.2) is 63.1 Å². The van der Waals surface area contributed by atoms with E-state index in [0.717, 1.165) is 0 Å². The van der Waals surface area contributed by atoms with Gasteiger partial charge in [0.05, 0.1) is 48.0 Å². The van der Waals surface area contributed by atoms with Gasteiger partial charge in [-0.2, -0.15) is 34.8 Å². The number of carbonyl (C=O) groups is 1. The van der Waals surface area contributed by atoms with Crippen molar-refractivity contribution in [1.82, 2.24) is 10.2 Å². The molecule has 1 N–H and O–H groups in total. The molecule has 0 radical (unpaired) electrons. The molecule has 40 heavy (non-hydrogen) atoms. The van der Waals surface area contributed by atoms with Gasteiger partial charge in [0.15, 0.2) is 0 Å². The minimum atomic E-state index is -4.98. The van der Waals surface area contributed by atoms with Crippen molar-refractivity contribution >= 4 is 27.2 Å². The molecule has 4 atom stereocenters. The maximum absolute atomic E-state index is 13.4. The predicted octanol–water partition coefficient (Wildman–Crippen LogP) is 7.28. The van der Waals surface area contributed by atoms with E-state index in [1.807, 2.05) is 11.8 Å². The first kappa shape index (κ1) is 32.1. The van der Waals surface area contributed by atoms with Gasteiger partial charge in [-0.05, 0) is 56.0 Å². The number of hydrogen-bond donors (Lipinski definition) is 1. The third kappa shape index (κ3) is 7.43. The summed E-state index contributed by atoms with van der Waals surface area (Å²) >= 11 is -1.41. The fraction of sp³-hybridized carbons (Fsp3) is 0.500. The van der Waals surface area contributed by atoms with Crippen molar-refractivity contribution in [2.75, 3.05) is 26.2 Å². The number of alkyl halides is 6. The van der Waals surface area contributed by atoms with Crippen LogP contribution < -0.4 is 5.32 Å². The van der Waals surface area contributed by atoms with Crippen LogP contribution in [0.2, 0.25) is 0 Å². The second-order valence-corrected chi connectivity index (χ2v) is 10.7. The molecule has 1 aromatic carbocycles. The largest absolute Gasteiger partial charge is 0.753 e. The molecular weight excluding hydrogens is 655 g/mol. The van der Waals surface area contributed by atoms with Crippen LogP contribution in [0.25, 0.3) is 3.56 Å². The summed E-state index contributed by atoms with van der Waals surface area (Å²) < 4.78 is 99.2. The quantitative estimate of drug-likeness (QED) is 0.122. The van der Waals surface area contributed by atoms with E-state index in [-0.39, 0.29) is 37.2 Å². The van der Waals surface area contributed by atoms with Crippen molar-refractivity contribution in [1.29, 1.82) is 0 Å². The molecular formula is C26H29F6IN5O2-. The summed E-state index contributed by atoms with van der Waals surface area (Å²) in [4.78, 5) is 14.6. The molecule has 14 heteroatoms. The molecule has 2 heterocycles. The standard InChI is InChI=1S/C26H29F6IN5O2/c1-4-5-6-7-17(2)24(9-8-23(14-35-37-33-34)15-38(24)13-22(39)36-23)16-40-18(3)19-10-20(25(27,28)29)12-21(11-19)26(30,31)32/h4-7,10-12,18H,2,8-9,13-16H2,1,3H3,(H,36,39)/q-1/b5-4-,7-6-,37-35?/t18-,23+,24-/m1/s1. The highest BCUT2D eigenvalue weighted by Crippen LogP contribution is 2.42. The van der Waals surface area contributed by atoms with E-state index in [1.165, 1.54) is 6.92 Å². The molecule has 0 spiro atoms. The predicted molar refractivity (Wildman–Crippen MR) is 145 cm³/mol. The first-order chi connectivity index (χ1) is 18.7. The molecule has 220 valence electrons. The zero-order valence-electron chi connectivity index (χ0n) is 21.8. The van der Waals surface area contributed by atoms with Crippen molar-refractivity contribution in [2.24, 2.45) is 8.44 Å². The Labute approximate surface area is 238 Å². The van der Waals surface area contributed by atoms with E-state index in [0.29, 0.717) is 37.1 Å². The molecule has 1 amide bonds. The molecule has 2 saturated heterocycles. The maximum Gasteiger partial charge on any atom is 0.416 e. The number of hydrogen-bond acceptors (Lipinski definition) is 4. The molecule has 0 aliphatic carbocycles. The van der Waals surface area contributed by atoms with E-state index in [1.54, 1.807) is 24.3 Å². The number of rotatable bonds is 10. The minimum absolute atomic E-state index is 0.0260. The summed E-state index contributed by atoms with van der Waals surface area (Å²) in [5, 5.41) is 6.97. The molecule has 3 rings (SSSR count). The topological polar surface area (TPSA) is 88.6 Å². The fourth-order valence-electron chi connectivity index (χ4n) is 5.00. The average Bonchev–Trinajstić information content (AvgIpc) is 2.87. The second kappa shape index (κ2) is 12.6. The van der Waals surface area contributed by atoms with Crippen LogP contribution in [0, 0.1) is 0 Å². The van der Waals surface area contributed by atoms with Crippen LogP contribution in [0.1, 0.15) is 49.5 Å². The van der Waals surface area contributed by atoms with Crippen molar-refractivity contribution in [2.45, 2.75) is 56.2 Å². The Bertz CT molecular complexity index is 1180. The van der Waals surface area contributed by atoms with Gasteiger partial charge < -0.3 is 13.6 Å². The van der Waals surface area contributed by atoms with Crippen molar-refractivity contribution in [3.05, 3.63) is 74.9 Å². The van der Waals surface area contributed by atoms with Crippen LogP contribution in [-0.2, 0) is 21.9 Å². The Hall–Kier alpha value is -2.46. The molecule has 1 aromatic rings. The normalized spacial score (nSPS) is 26.5. The monoisotopic (exact) mass is 684 g/mol. The summed E-state index contributed by atoms with van der Waals surface area (Å²) in [7, 11) is 0. The van der Waals surface area contributed by atoms with Crippen molar-refractivity contribution in [3.8, 4) is 0 Å². The second-order valence-electron chi connectivity index (χ2n) is 9.87. The number of piperidine rings is 1. The molecule has 2 aliphatic heterocycles. The number of benzene rings is 1. The Morgan fingerprint density at radius 3 is 2.42 bits per heavy atom. The first-order valence-electron chi connectivity index (χ1n) is 12.3. The van der Waals surface area contributed by atoms with Crippen LogP contribution in [0.4, 0.5) is 26.3 Å². The molecule has 0 saturated carbocycles. The van der Waals surface area contributed by atoms with Gasteiger partial charge >= 0.3 is 12.4 Å². The molecule has 2 aliphatic rings. The highest BCUT2D eigenvalue weighted by atomic mass is 127. The van der Waals surface area contributed by atoms with E-state index in [9.17, 15) is 31.1 Å². The summed E-state index contributed by atoms with van der Waals surface area (Å²) in [6.45, 7) is 7.71. The van der Waals surface area contributed by atoms with Gasteiger partial charge in [-0.3, -0.25) is 9.69 Å². The zero-order valence-corrected chi connectivity index (χ0v) is 24.0. The molecule has 2 fully saturated rings. The van der Waals surface area contributed by atoms with Gasteiger partial charge in [0, 0.05) is 6.54 Å². The number of piperazine rings is 1. The van der Waals surface area contributed by atoms with Gasteiger partial charge in [-0.25, -0.2) is 0 Å². The number of fused-ring (bicyclic) bond motifs is 2. The lowest BCUT2D eigenvalue weighted by atomic mass is 9.73. The summed E-state index contributed by atoms with van der Waals surface area (Å²) in [6.07, 6.45) is -3.20. The van der Waals surface area contributed by atoms with E-state index in [4.69, 9.17) is 8.30 Å². The van der Waals surface area contributed by atoms with E-state index < -0.39 is 62.0 Å². The molecule has 0 aromatic heterocycles. The van der Waals surface area contributed by atoms with Crippen LogP contribution in [-0.4, -0.2) is 48.1 Å². The fourth-order valence-corrected chi connectivity index (χ4v) is 5.29. The first-order valence-corrected chi connectivity index (χ1v) is 14.2. The van der Waals surface area contributed by atoms with Gasteiger partial charge in [0.2, 0.25) is 5.91 Å². The minimum Gasteiger partial charge on any atom is -0.753 e. The van der Waals surface area contributed by atoms with Crippen molar-refractivity contribution in [3.63, 3.8) is 0 Å². The SMILES string of the molecule is C=C(/C=C\C=C/C)[C@]1(CO[C@H](C)c2cc(C(F)(F)F)cc(C(F)(F)F)c2)CC[C@]2(CN=NI=[N-])CN1CC(=O)N2. The average molecular weight is 684 g/mol. The van der Waals surface area contributed by atoms with Gasteiger partial charge in [0.25, 0.3) is 0 Å². The number of amides is 1. The molecule has 1 unspecified atom stereocenters. The van der Waals surface area contributed by atoms with Gasteiger partial charge in [0.1, 0.15) is 0 Å². The third-order valence-corrected chi connectivity index (χ3v) is 7.66. The summed E-state index contributed by atoms with van der Waals surface area (Å²) in [6, 6.07) is 1.39. The highest BCUT2D eigenvalue weighted by molar-refractivity contribution is 14.2. The lowest BCUT2D eigenvalue weighted by molar-refractivity contribution is -0.143. The van der Waals surface area contributed by atoms with Gasteiger partial charge in [-0.1, -0.05) is 30.9 Å². The number of carbonyl (C=O) groups excluding carboxylic acids is 1. The zero-order chi connectivity index (χ0) is 29.8. The smallest absolute Gasteiger partial charge is 0.416 e. The van der Waals surface area contributed by atoms with Crippen molar-refractivity contribution < 1.29 is 35.9 Å². The lowest BCUT2D eigenvalue weighted by Crippen LogP contribution is -2.74. The molecule has 7 nitrogen and oxygen atoms in total. The summed E-state index contributed by atoms with van der Waals surface area (Å²) in [5.74, 6) is -0.282. The Morgan fingerprint density at radius 1 is 1.20 bits per heavy atom. The van der Waals surface area contributed by atoms with E-state index in [2.05, 4.69) is 20.3 Å². The Kier molecular flexibility index (Phi) is 10.1. The lowest BCUT2D eigenvalue weighted by Gasteiger charge is -2.56. The van der Waals surface area contributed by atoms with Crippen LogP contribution in [0.5, 0.6) is 0 Å². The number of halogens is 7. The van der Waals surface area contributed by atoms with E-state index >= 15 is 0 Å². The number of allylic oxidation sites excluding steroid dienone is 3. The van der Waals surface area contributed by atoms with Crippen LogP contribution >= 0.6 is 21.3 Å². The Balaban J connectivity index is 1.96. The third-order valence-electron chi connectivity index (χ3n) is 7.17. The Morgan fingerprint density at radius 2 is 1.85 bits per heavy atom. The highest BCUT2D eigenvalue weighted by Gasteiger charge is 2.53. The number of nitrogens with one attached hydrogen (secondary N) is 1. The number of nitrogens with zero attached hydrogens (tertiary/aromatic N) is 4. The number of ether oxygens (including phenoxy) is 1. The summed E-state index contributed by atoms with van der Waals surface area (Å²) in [5.41, 5.74) is -4.26. The molecule has 2 bridgehead atoms. The van der Waals surface area contributed by atoms with Crippen LogP contribution in [0.3, 0.4) is 0 Å².